The molecule has 0 saturated carbocycles. The molecule has 1 atom stereocenters. The molecule has 0 spiro atoms. The van der Waals surface area contributed by atoms with Gasteiger partial charge >= 0.3 is 0 Å². The van der Waals surface area contributed by atoms with Crippen molar-refractivity contribution in [1.82, 2.24) is 14.7 Å². The summed E-state index contributed by atoms with van der Waals surface area (Å²) in [7, 11) is 0. The number of carbonyl (C=O) groups is 1. The number of likely N-dealkylation sites (tertiary alicyclic amines) is 1. The van der Waals surface area contributed by atoms with Gasteiger partial charge in [-0.05, 0) is 45.4 Å². The highest BCUT2D eigenvalue weighted by Crippen LogP contribution is 2.27. The van der Waals surface area contributed by atoms with Gasteiger partial charge in [0.1, 0.15) is 0 Å². The van der Waals surface area contributed by atoms with Gasteiger partial charge in [-0.15, -0.1) is 0 Å². The van der Waals surface area contributed by atoms with Gasteiger partial charge in [-0.25, -0.2) is 0 Å². The Morgan fingerprint density at radius 2 is 2.17 bits per heavy atom. The van der Waals surface area contributed by atoms with Crippen molar-refractivity contribution in [2.24, 2.45) is 0 Å². The van der Waals surface area contributed by atoms with E-state index in [4.69, 9.17) is 9.84 Å². The van der Waals surface area contributed by atoms with E-state index < -0.39 is 0 Å². The monoisotopic (exact) mass is 321 g/mol. The molecule has 1 unspecified atom stereocenters. The molecule has 2 aliphatic rings. The fraction of sp³-hybridized carbons (Fsp3) is 0.765. The van der Waals surface area contributed by atoms with Crippen molar-refractivity contribution < 1.29 is 14.6 Å². The summed E-state index contributed by atoms with van der Waals surface area (Å²) in [4.78, 5) is 14.9. The van der Waals surface area contributed by atoms with E-state index in [1.165, 1.54) is 0 Å². The molecule has 23 heavy (non-hydrogen) atoms. The Morgan fingerprint density at radius 1 is 1.39 bits per heavy atom. The summed E-state index contributed by atoms with van der Waals surface area (Å²) >= 11 is 0. The van der Waals surface area contributed by atoms with E-state index in [9.17, 15) is 4.79 Å². The number of hydrogen-bond acceptors (Lipinski definition) is 4. The predicted molar refractivity (Wildman–Crippen MR) is 86.4 cm³/mol. The Balaban J connectivity index is 1.73. The molecule has 2 saturated heterocycles. The van der Waals surface area contributed by atoms with Crippen molar-refractivity contribution in [3.05, 3.63) is 17.5 Å². The van der Waals surface area contributed by atoms with Gasteiger partial charge in [-0.3, -0.25) is 9.48 Å². The van der Waals surface area contributed by atoms with E-state index >= 15 is 0 Å². The minimum absolute atomic E-state index is 0.0984. The van der Waals surface area contributed by atoms with Gasteiger partial charge in [-0.1, -0.05) is 0 Å². The highest BCUT2D eigenvalue weighted by molar-refractivity contribution is 5.95. The zero-order valence-corrected chi connectivity index (χ0v) is 13.9. The maximum absolute atomic E-state index is 12.9. The largest absolute Gasteiger partial charge is 0.396 e. The van der Waals surface area contributed by atoms with Gasteiger partial charge in [0.15, 0.2) is 0 Å². The zero-order chi connectivity index (χ0) is 16.2. The van der Waals surface area contributed by atoms with Crippen LogP contribution in [0.4, 0.5) is 0 Å². The number of carbonyl (C=O) groups excluding carboxylic acids is 1. The average Bonchev–Trinajstić information content (AvgIpc) is 3.19. The molecule has 0 aromatic carbocycles. The highest BCUT2D eigenvalue weighted by Gasteiger charge is 2.31. The first-order chi connectivity index (χ1) is 11.2. The molecule has 0 bridgehead atoms. The minimum Gasteiger partial charge on any atom is -0.396 e. The second-order valence-corrected chi connectivity index (χ2v) is 6.59. The number of ether oxygens (including phenoxy) is 1. The van der Waals surface area contributed by atoms with Crippen LogP contribution in [0.2, 0.25) is 0 Å². The van der Waals surface area contributed by atoms with Gasteiger partial charge in [0.05, 0.1) is 17.8 Å². The van der Waals surface area contributed by atoms with Crippen LogP contribution in [0.1, 0.15) is 60.6 Å². The van der Waals surface area contributed by atoms with Crippen LogP contribution in [-0.4, -0.2) is 58.1 Å². The predicted octanol–water partition coefficient (Wildman–Crippen LogP) is 1.92. The lowest BCUT2D eigenvalue weighted by Gasteiger charge is -2.25. The fourth-order valence-corrected chi connectivity index (χ4v) is 3.82. The summed E-state index contributed by atoms with van der Waals surface area (Å²) in [6, 6.07) is 0.606. The molecule has 3 heterocycles. The second kappa shape index (κ2) is 7.45. The normalized spacial score (nSPS) is 22.7. The third-order valence-electron chi connectivity index (χ3n) is 5.15. The molecule has 2 aliphatic heterocycles. The van der Waals surface area contributed by atoms with Gasteiger partial charge in [-0.2, -0.15) is 5.10 Å². The number of aliphatic hydroxyl groups is 1. The van der Waals surface area contributed by atoms with Crippen LogP contribution in [-0.2, 0) is 4.74 Å². The van der Waals surface area contributed by atoms with E-state index in [0.717, 1.165) is 69.5 Å². The van der Waals surface area contributed by atoms with Crippen molar-refractivity contribution in [3.8, 4) is 0 Å². The van der Waals surface area contributed by atoms with Gasteiger partial charge in [0, 0.05) is 38.1 Å². The van der Waals surface area contributed by atoms with Crippen LogP contribution >= 0.6 is 0 Å². The third kappa shape index (κ3) is 3.43. The van der Waals surface area contributed by atoms with Crippen LogP contribution in [0, 0.1) is 6.92 Å². The SMILES string of the molecule is Cc1c(C(=O)N2CCCC2CCCO)cnn1C1CCOCC1. The summed E-state index contributed by atoms with van der Waals surface area (Å²) in [6.07, 6.45) is 7.38. The Morgan fingerprint density at radius 3 is 2.91 bits per heavy atom. The first-order valence-electron chi connectivity index (χ1n) is 8.76. The van der Waals surface area contributed by atoms with E-state index in [1.807, 2.05) is 16.5 Å². The van der Waals surface area contributed by atoms with Crippen molar-refractivity contribution >= 4 is 5.91 Å². The lowest BCUT2D eigenvalue weighted by molar-refractivity contribution is 0.0654. The van der Waals surface area contributed by atoms with E-state index in [0.29, 0.717) is 6.04 Å². The quantitative estimate of drug-likeness (QED) is 0.900. The smallest absolute Gasteiger partial charge is 0.257 e. The molecule has 1 aromatic heterocycles. The topological polar surface area (TPSA) is 67.6 Å². The first kappa shape index (κ1) is 16.5. The fourth-order valence-electron chi connectivity index (χ4n) is 3.82. The Kier molecular flexibility index (Phi) is 5.33. The third-order valence-corrected chi connectivity index (χ3v) is 5.15. The molecule has 1 aromatic rings. The van der Waals surface area contributed by atoms with Crippen molar-refractivity contribution in [2.75, 3.05) is 26.4 Å². The van der Waals surface area contributed by atoms with Gasteiger partial charge in [0.25, 0.3) is 5.91 Å². The van der Waals surface area contributed by atoms with Crippen LogP contribution in [0.25, 0.3) is 0 Å². The second-order valence-electron chi connectivity index (χ2n) is 6.59. The summed E-state index contributed by atoms with van der Waals surface area (Å²) in [6.45, 7) is 4.54. The summed E-state index contributed by atoms with van der Waals surface area (Å²) in [5, 5.41) is 13.5. The molecular formula is C17H27N3O3. The van der Waals surface area contributed by atoms with Crippen LogP contribution in [0.5, 0.6) is 0 Å². The average molecular weight is 321 g/mol. The van der Waals surface area contributed by atoms with Gasteiger partial charge < -0.3 is 14.7 Å². The van der Waals surface area contributed by atoms with E-state index in [1.54, 1.807) is 6.20 Å². The maximum Gasteiger partial charge on any atom is 0.257 e. The standard InChI is InChI=1S/C17H27N3O3/c1-13-16(12-18-20(13)15-6-10-23-11-7-15)17(22)19-8-2-4-14(19)5-3-9-21/h12,14-15,21H,2-11H2,1H3. The highest BCUT2D eigenvalue weighted by atomic mass is 16.5. The van der Waals surface area contributed by atoms with Crippen LogP contribution < -0.4 is 0 Å². The number of rotatable bonds is 5. The summed E-state index contributed by atoms with van der Waals surface area (Å²) in [5.74, 6) is 0.0984. The first-order valence-corrected chi connectivity index (χ1v) is 8.76. The van der Waals surface area contributed by atoms with Crippen molar-refractivity contribution in [2.45, 2.75) is 57.5 Å². The Hall–Kier alpha value is -1.40. The number of hydrogen-bond donors (Lipinski definition) is 1. The molecule has 6 heteroatoms. The molecule has 1 N–H and O–H groups in total. The lowest BCUT2D eigenvalue weighted by Crippen LogP contribution is -2.36. The number of aliphatic hydroxyl groups excluding tert-OH is 1. The van der Waals surface area contributed by atoms with E-state index in [2.05, 4.69) is 5.10 Å². The number of aromatic nitrogens is 2. The molecule has 1 amide bonds. The van der Waals surface area contributed by atoms with Crippen LogP contribution in [0.15, 0.2) is 6.20 Å². The Labute approximate surface area is 137 Å². The molecule has 6 nitrogen and oxygen atoms in total. The zero-order valence-electron chi connectivity index (χ0n) is 13.9. The van der Waals surface area contributed by atoms with Crippen LogP contribution in [0.3, 0.4) is 0 Å². The lowest BCUT2D eigenvalue weighted by atomic mass is 10.1. The summed E-state index contributed by atoms with van der Waals surface area (Å²) < 4.78 is 7.42. The molecular weight excluding hydrogens is 294 g/mol. The molecule has 0 radical (unpaired) electrons. The number of nitrogens with zero attached hydrogens (tertiary/aromatic N) is 3. The summed E-state index contributed by atoms with van der Waals surface area (Å²) in [5.41, 5.74) is 1.70. The molecule has 128 valence electrons. The molecule has 3 rings (SSSR count). The maximum atomic E-state index is 12.9. The molecule has 2 fully saturated rings. The minimum atomic E-state index is 0.0984. The van der Waals surface area contributed by atoms with Gasteiger partial charge in [0.2, 0.25) is 0 Å². The van der Waals surface area contributed by atoms with E-state index in [-0.39, 0.29) is 18.6 Å². The Bertz CT molecular complexity index is 537. The van der Waals surface area contributed by atoms with Crippen molar-refractivity contribution in [1.29, 1.82) is 0 Å². The number of amides is 1. The molecule has 0 aliphatic carbocycles. The van der Waals surface area contributed by atoms with Crippen molar-refractivity contribution in [3.63, 3.8) is 0 Å².